The summed E-state index contributed by atoms with van der Waals surface area (Å²) in [4.78, 5) is 21.9. The van der Waals surface area contributed by atoms with Crippen molar-refractivity contribution in [3.05, 3.63) is 35.4 Å². The van der Waals surface area contributed by atoms with Crippen molar-refractivity contribution in [2.24, 2.45) is 11.7 Å². The zero-order valence-corrected chi connectivity index (χ0v) is 10.5. The molecule has 1 aromatic rings. The molecule has 0 saturated carbocycles. The van der Waals surface area contributed by atoms with Crippen LogP contribution >= 0.6 is 0 Å². The van der Waals surface area contributed by atoms with Crippen LogP contribution in [0.25, 0.3) is 0 Å². The molecule has 5 heteroatoms. The van der Waals surface area contributed by atoms with Crippen molar-refractivity contribution in [1.82, 2.24) is 5.32 Å². The van der Waals surface area contributed by atoms with Gasteiger partial charge in [-0.2, -0.15) is 0 Å². The van der Waals surface area contributed by atoms with E-state index in [0.717, 1.165) is 5.56 Å². The minimum absolute atomic E-state index is 0.112. The largest absolute Gasteiger partial charge is 0.478 e. The normalized spacial score (nSPS) is 12.4. The van der Waals surface area contributed by atoms with Gasteiger partial charge in [-0.05, 0) is 23.6 Å². The van der Waals surface area contributed by atoms with Crippen molar-refractivity contribution in [2.75, 3.05) is 0 Å². The Kier molecular flexibility index (Phi) is 4.85. The minimum Gasteiger partial charge on any atom is -0.478 e. The van der Waals surface area contributed by atoms with Crippen LogP contribution in [0.5, 0.6) is 0 Å². The summed E-state index contributed by atoms with van der Waals surface area (Å²) in [6.07, 6.45) is 0. The summed E-state index contributed by atoms with van der Waals surface area (Å²) in [5, 5.41) is 11.8. The summed E-state index contributed by atoms with van der Waals surface area (Å²) in [6.45, 7) is 4.30. The van der Waals surface area contributed by atoms with Crippen LogP contribution in [0.3, 0.4) is 0 Å². The molecule has 18 heavy (non-hydrogen) atoms. The monoisotopic (exact) mass is 250 g/mol. The number of carboxylic acid groups (broad SMARTS) is 1. The topological polar surface area (TPSA) is 92.4 Å². The Labute approximate surface area is 106 Å². The molecule has 1 rings (SSSR count). The zero-order chi connectivity index (χ0) is 13.7. The predicted octanol–water partition coefficient (Wildman–Crippen LogP) is 0.984. The summed E-state index contributed by atoms with van der Waals surface area (Å²) in [5.74, 6) is -1.22. The van der Waals surface area contributed by atoms with Crippen LogP contribution in [0.4, 0.5) is 0 Å². The molecule has 0 bridgehead atoms. The molecule has 1 unspecified atom stereocenters. The standard InChI is InChI=1S/C13H18N2O3/c1-8(2)11(12(14)16)15-7-9-3-5-10(6-4-9)13(17)18/h3-6,8,11,15H,7H2,1-2H3,(H2,14,16)(H,17,18). The van der Waals surface area contributed by atoms with E-state index in [1.807, 2.05) is 13.8 Å². The first kappa shape index (κ1) is 14.2. The van der Waals surface area contributed by atoms with Gasteiger partial charge in [0.1, 0.15) is 0 Å². The fourth-order valence-electron chi connectivity index (χ4n) is 1.66. The van der Waals surface area contributed by atoms with Gasteiger partial charge in [-0.25, -0.2) is 4.79 Å². The van der Waals surface area contributed by atoms with Crippen LogP contribution < -0.4 is 11.1 Å². The van der Waals surface area contributed by atoms with Gasteiger partial charge in [-0.15, -0.1) is 0 Å². The lowest BCUT2D eigenvalue weighted by Gasteiger charge is -2.18. The number of primary amides is 1. The molecule has 4 N–H and O–H groups in total. The summed E-state index contributed by atoms with van der Waals surface area (Å²) >= 11 is 0. The van der Waals surface area contributed by atoms with Crippen molar-refractivity contribution in [3.63, 3.8) is 0 Å². The number of rotatable bonds is 6. The molecule has 0 spiro atoms. The molecular formula is C13H18N2O3. The first-order valence-corrected chi connectivity index (χ1v) is 5.76. The van der Waals surface area contributed by atoms with Crippen molar-refractivity contribution in [2.45, 2.75) is 26.4 Å². The van der Waals surface area contributed by atoms with Crippen molar-refractivity contribution >= 4 is 11.9 Å². The second-order valence-corrected chi connectivity index (χ2v) is 4.51. The fourth-order valence-corrected chi connectivity index (χ4v) is 1.66. The van der Waals surface area contributed by atoms with E-state index in [-0.39, 0.29) is 23.4 Å². The number of hydrogen-bond acceptors (Lipinski definition) is 3. The van der Waals surface area contributed by atoms with Gasteiger partial charge in [0.15, 0.2) is 0 Å². The lowest BCUT2D eigenvalue weighted by molar-refractivity contribution is -0.121. The number of nitrogens with one attached hydrogen (secondary N) is 1. The van der Waals surface area contributed by atoms with E-state index in [0.29, 0.717) is 6.54 Å². The first-order chi connectivity index (χ1) is 8.41. The summed E-state index contributed by atoms with van der Waals surface area (Å²) in [6, 6.07) is 6.12. The molecule has 1 aromatic carbocycles. The summed E-state index contributed by atoms with van der Waals surface area (Å²) < 4.78 is 0. The summed E-state index contributed by atoms with van der Waals surface area (Å²) in [5.41, 5.74) is 6.44. The second kappa shape index (κ2) is 6.16. The van der Waals surface area contributed by atoms with Gasteiger partial charge in [-0.1, -0.05) is 26.0 Å². The third-order valence-corrected chi connectivity index (χ3v) is 2.70. The highest BCUT2D eigenvalue weighted by Crippen LogP contribution is 2.06. The van der Waals surface area contributed by atoms with E-state index in [9.17, 15) is 9.59 Å². The Morgan fingerprint density at radius 2 is 1.83 bits per heavy atom. The van der Waals surface area contributed by atoms with Gasteiger partial charge in [0.25, 0.3) is 0 Å². The molecule has 1 atom stereocenters. The quantitative estimate of drug-likeness (QED) is 0.701. The number of benzene rings is 1. The Bertz CT molecular complexity index is 426. The molecule has 0 aliphatic rings. The number of amides is 1. The third kappa shape index (κ3) is 3.85. The first-order valence-electron chi connectivity index (χ1n) is 5.76. The maximum absolute atomic E-state index is 11.2. The lowest BCUT2D eigenvalue weighted by Crippen LogP contribution is -2.44. The number of carbonyl (C=O) groups is 2. The molecule has 0 aliphatic heterocycles. The van der Waals surface area contributed by atoms with E-state index in [1.165, 1.54) is 12.1 Å². The number of hydrogen-bond donors (Lipinski definition) is 3. The van der Waals surface area contributed by atoms with Gasteiger partial charge in [0.05, 0.1) is 11.6 Å². The highest BCUT2D eigenvalue weighted by Gasteiger charge is 2.18. The van der Waals surface area contributed by atoms with Gasteiger partial charge in [0, 0.05) is 6.54 Å². The number of carboxylic acids is 1. The molecule has 0 aromatic heterocycles. The van der Waals surface area contributed by atoms with Gasteiger partial charge >= 0.3 is 5.97 Å². The number of nitrogens with two attached hydrogens (primary N) is 1. The average molecular weight is 250 g/mol. The SMILES string of the molecule is CC(C)C(NCc1ccc(C(=O)O)cc1)C(N)=O. The van der Waals surface area contributed by atoms with E-state index in [1.54, 1.807) is 12.1 Å². The maximum Gasteiger partial charge on any atom is 0.335 e. The van der Waals surface area contributed by atoms with Crippen LogP contribution in [-0.4, -0.2) is 23.0 Å². The Balaban J connectivity index is 2.62. The van der Waals surface area contributed by atoms with Gasteiger partial charge in [0.2, 0.25) is 5.91 Å². The molecule has 0 aliphatic carbocycles. The number of carbonyl (C=O) groups excluding carboxylic acids is 1. The minimum atomic E-state index is -0.952. The maximum atomic E-state index is 11.2. The van der Waals surface area contributed by atoms with Crippen LogP contribution in [0.15, 0.2) is 24.3 Å². The summed E-state index contributed by atoms with van der Waals surface area (Å²) in [7, 11) is 0. The molecule has 5 nitrogen and oxygen atoms in total. The molecule has 1 amide bonds. The van der Waals surface area contributed by atoms with Crippen LogP contribution in [-0.2, 0) is 11.3 Å². The van der Waals surface area contributed by atoms with Crippen molar-refractivity contribution < 1.29 is 14.7 Å². The molecule has 0 heterocycles. The third-order valence-electron chi connectivity index (χ3n) is 2.70. The fraction of sp³-hybridized carbons (Fsp3) is 0.385. The predicted molar refractivity (Wildman–Crippen MR) is 68.1 cm³/mol. The van der Waals surface area contributed by atoms with Crippen LogP contribution in [0.1, 0.15) is 29.8 Å². The van der Waals surface area contributed by atoms with Gasteiger partial charge in [-0.3, -0.25) is 4.79 Å². The van der Waals surface area contributed by atoms with E-state index >= 15 is 0 Å². The Morgan fingerprint density at radius 1 is 1.28 bits per heavy atom. The molecule has 0 fully saturated rings. The zero-order valence-electron chi connectivity index (χ0n) is 10.5. The highest BCUT2D eigenvalue weighted by atomic mass is 16.4. The smallest absolute Gasteiger partial charge is 0.335 e. The molecular weight excluding hydrogens is 232 g/mol. The van der Waals surface area contributed by atoms with Crippen molar-refractivity contribution in [3.8, 4) is 0 Å². The molecule has 0 saturated heterocycles. The highest BCUT2D eigenvalue weighted by molar-refractivity contribution is 5.87. The Hall–Kier alpha value is -1.88. The van der Waals surface area contributed by atoms with Gasteiger partial charge < -0.3 is 16.2 Å². The van der Waals surface area contributed by atoms with E-state index < -0.39 is 5.97 Å². The van der Waals surface area contributed by atoms with Crippen LogP contribution in [0.2, 0.25) is 0 Å². The van der Waals surface area contributed by atoms with E-state index in [2.05, 4.69) is 5.32 Å². The Morgan fingerprint density at radius 3 is 2.22 bits per heavy atom. The van der Waals surface area contributed by atoms with Crippen LogP contribution in [0, 0.1) is 5.92 Å². The average Bonchev–Trinajstić information content (AvgIpc) is 2.28. The van der Waals surface area contributed by atoms with Crippen molar-refractivity contribution in [1.29, 1.82) is 0 Å². The molecule has 0 radical (unpaired) electrons. The second-order valence-electron chi connectivity index (χ2n) is 4.51. The number of aromatic carboxylic acids is 1. The molecule has 98 valence electrons. The van der Waals surface area contributed by atoms with E-state index in [4.69, 9.17) is 10.8 Å². The lowest BCUT2D eigenvalue weighted by atomic mass is 10.0.